The van der Waals surface area contributed by atoms with Gasteiger partial charge in [-0.3, -0.25) is 19.3 Å². The van der Waals surface area contributed by atoms with Gasteiger partial charge in [-0.05, 0) is 49.9 Å². The van der Waals surface area contributed by atoms with Crippen LogP contribution in [0, 0.1) is 5.92 Å². The van der Waals surface area contributed by atoms with Gasteiger partial charge in [0, 0.05) is 35.0 Å². The third kappa shape index (κ3) is 4.67. The third-order valence-electron chi connectivity index (χ3n) is 7.22. The summed E-state index contributed by atoms with van der Waals surface area (Å²) in [7, 11) is 0. The van der Waals surface area contributed by atoms with E-state index in [4.69, 9.17) is 4.52 Å². The van der Waals surface area contributed by atoms with Gasteiger partial charge in [-0.15, -0.1) is 0 Å². The quantitative estimate of drug-likeness (QED) is 0.438. The number of Topliss-reactive ketones (excluding diaryl/α,β-unsaturated/α-hetero) is 1. The molecule has 1 aromatic heterocycles. The van der Waals surface area contributed by atoms with E-state index >= 15 is 0 Å². The van der Waals surface area contributed by atoms with Crippen LogP contribution in [0.4, 0.5) is 5.69 Å². The van der Waals surface area contributed by atoms with Crippen molar-refractivity contribution in [1.29, 1.82) is 0 Å². The van der Waals surface area contributed by atoms with Gasteiger partial charge in [0.2, 0.25) is 0 Å². The van der Waals surface area contributed by atoms with E-state index in [2.05, 4.69) is 10.5 Å². The highest BCUT2D eigenvalue weighted by atomic mass is 16.5. The van der Waals surface area contributed by atoms with Gasteiger partial charge in [-0.25, -0.2) is 0 Å². The molecule has 1 aliphatic carbocycles. The standard InChI is InChI=1S/C29H29N3O5/c1-2-30-28(35)21-10-8-20(9-11-21)26(33)24-25(19-6-4-3-5-7-19)32(29(36)27(24)34)22-14-12-18(13-15-22)23-16-17-37-31-23/h8-17,19,25,34H,2-7H2,1H3,(H,30,35). The molecule has 1 unspecified atom stereocenters. The zero-order valence-corrected chi connectivity index (χ0v) is 20.6. The number of nitrogens with zero attached hydrogens (tertiary/aromatic N) is 2. The van der Waals surface area contributed by atoms with E-state index in [-0.39, 0.29) is 17.4 Å². The number of anilines is 1. The van der Waals surface area contributed by atoms with E-state index in [1.54, 1.807) is 47.4 Å². The molecule has 2 aliphatic rings. The summed E-state index contributed by atoms with van der Waals surface area (Å²) < 4.78 is 4.93. The lowest BCUT2D eigenvalue weighted by Gasteiger charge is -2.35. The number of amides is 2. The van der Waals surface area contributed by atoms with Crippen LogP contribution in [0.2, 0.25) is 0 Å². The monoisotopic (exact) mass is 499 g/mol. The minimum absolute atomic E-state index is 0.0473. The molecule has 1 fully saturated rings. The number of hydrogen-bond acceptors (Lipinski definition) is 6. The van der Waals surface area contributed by atoms with Crippen molar-refractivity contribution in [3.8, 4) is 11.3 Å². The molecule has 1 aliphatic heterocycles. The van der Waals surface area contributed by atoms with Gasteiger partial charge in [0.05, 0.1) is 11.6 Å². The number of hydrogen-bond donors (Lipinski definition) is 2. The Bertz CT molecular complexity index is 1320. The molecule has 2 N–H and O–H groups in total. The summed E-state index contributed by atoms with van der Waals surface area (Å²) in [4.78, 5) is 40.8. The maximum atomic E-state index is 13.7. The molecule has 1 saturated carbocycles. The number of ketones is 1. The highest BCUT2D eigenvalue weighted by Crippen LogP contribution is 2.41. The van der Waals surface area contributed by atoms with Gasteiger partial charge in [0.25, 0.3) is 11.8 Å². The zero-order chi connectivity index (χ0) is 25.9. The van der Waals surface area contributed by atoms with Crippen molar-refractivity contribution in [2.75, 3.05) is 11.4 Å². The molecule has 37 heavy (non-hydrogen) atoms. The molecule has 5 rings (SSSR count). The molecule has 190 valence electrons. The van der Waals surface area contributed by atoms with E-state index in [0.717, 1.165) is 37.7 Å². The number of carbonyl (C=O) groups excluding carboxylic acids is 3. The number of carbonyl (C=O) groups is 3. The smallest absolute Gasteiger partial charge is 0.294 e. The van der Waals surface area contributed by atoms with Gasteiger partial charge in [0.1, 0.15) is 12.0 Å². The maximum absolute atomic E-state index is 13.7. The Kier molecular flexibility index (Phi) is 6.90. The number of aliphatic hydroxyl groups excluding tert-OH is 1. The summed E-state index contributed by atoms with van der Waals surface area (Å²) in [6, 6.07) is 14.8. The Balaban J connectivity index is 1.49. The lowest BCUT2D eigenvalue weighted by Crippen LogP contribution is -2.42. The lowest BCUT2D eigenvalue weighted by atomic mass is 9.79. The van der Waals surface area contributed by atoms with Crippen LogP contribution in [0.3, 0.4) is 0 Å². The van der Waals surface area contributed by atoms with Crippen LogP contribution in [-0.4, -0.2) is 40.4 Å². The first-order chi connectivity index (χ1) is 18.0. The van der Waals surface area contributed by atoms with Gasteiger partial charge >= 0.3 is 0 Å². The summed E-state index contributed by atoms with van der Waals surface area (Å²) in [5.41, 5.74) is 3.01. The van der Waals surface area contributed by atoms with Gasteiger partial charge in [-0.1, -0.05) is 48.7 Å². The van der Waals surface area contributed by atoms with E-state index in [1.807, 2.05) is 19.1 Å². The van der Waals surface area contributed by atoms with Crippen LogP contribution in [0.25, 0.3) is 11.3 Å². The fourth-order valence-corrected chi connectivity index (χ4v) is 5.39. The van der Waals surface area contributed by atoms with Crippen molar-refractivity contribution in [1.82, 2.24) is 10.5 Å². The topological polar surface area (TPSA) is 113 Å². The van der Waals surface area contributed by atoms with E-state index in [1.165, 1.54) is 6.26 Å². The summed E-state index contributed by atoms with van der Waals surface area (Å²) in [5, 5.41) is 17.7. The first-order valence-electron chi connectivity index (χ1n) is 12.7. The Morgan fingerprint density at radius 1 is 1.00 bits per heavy atom. The van der Waals surface area contributed by atoms with Gasteiger partial charge in [-0.2, -0.15) is 0 Å². The lowest BCUT2D eigenvalue weighted by molar-refractivity contribution is -0.117. The number of rotatable bonds is 7. The number of aliphatic hydroxyl groups is 1. The zero-order valence-electron chi connectivity index (χ0n) is 20.6. The second kappa shape index (κ2) is 10.4. The Morgan fingerprint density at radius 2 is 1.68 bits per heavy atom. The largest absolute Gasteiger partial charge is 0.503 e. The second-order valence-corrected chi connectivity index (χ2v) is 9.48. The molecule has 0 spiro atoms. The summed E-state index contributed by atoms with van der Waals surface area (Å²) in [6.45, 7) is 2.34. The normalized spacial score (nSPS) is 18.4. The highest BCUT2D eigenvalue weighted by Gasteiger charge is 2.47. The van der Waals surface area contributed by atoms with Crippen molar-refractivity contribution < 1.29 is 24.0 Å². The van der Waals surface area contributed by atoms with Crippen molar-refractivity contribution in [2.24, 2.45) is 5.92 Å². The predicted molar refractivity (Wildman–Crippen MR) is 138 cm³/mol. The van der Waals surface area contributed by atoms with Gasteiger partial charge in [0.15, 0.2) is 11.5 Å². The van der Waals surface area contributed by atoms with Gasteiger partial charge < -0.3 is 14.9 Å². The third-order valence-corrected chi connectivity index (χ3v) is 7.22. The molecular weight excluding hydrogens is 470 g/mol. The molecule has 0 saturated heterocycles. The summed E-state index contributed by atoms with van der Waals surface area (Å²) in [6.07, 6.45) is 6.37. The average Bonchev–Trinajstić information content (AvgIpc) is 3.56. The van der Waals surface area contributed by atoms with E-state index < -0.39 is 23.5 Å². The van der Waals surface area contributed by atoms with E-state index in [0.29, 0.717) is 29.1 Å². The molecule has 2 heterocycles. The summed E-state index contributed by atoms with van der Waals surface area (Å²) >= 11 is 0. The minimum Gasteiger partial charge on any atom is -0.503 e. The minimum atomic E-state index is -0.577. The Hall–Kier alpha value is -4.20. The summed E-state index contributed by atoms with van der Waals surface area (Å²) in [5.74, 6) is -1.65. The number of benzene rings is 2. The SMILES string of the molecule is CCNC(=O)c1ccc(C(=O)C2=C(O)C(=O)N(c3ccc(-c4ccon4)cc3)C2C2CCCCC2)cc1. The van der Waals surface area contributed by atoms with Crippen LogP contribution in [0.15, 0.2) is 76.7 Å². The van der Waals surface area contributed by atoms with Crippen molar-refractivity contribution in [3.63, 3.8) is 0 Å². The van der Waals surface area contributed by atoms with Crippen LogP contribution in [0.1, 0.15) is 59.7 Å². The molecule has 8 nitrogen and oxygen atoms in total. The molecule has 3 aromatic rings. The molecule has 0 radical (unpaired) electrons. The average molecular weight is 500 g/mol. The predicted octanol–water partition coefficient (Wildman–Crippen LogP) is 5.08. The van der Waals surface area contributed by atoms with Crippen molar-refractivity contribution in [2.45, 2.75) is 45.1 Å². The first kappa shape index (κ1) is 24.5. The molecule has 2 amide bonds. The molecule has 0 bridgehead atoms. The molecule has 2 aromatic carbocycles. The van der Waals surface area contributed by atoms with E-state index in [9.17, 15) is 19.5 Å². The second-order valence-electron chi connectivity index (χ2n) is 9.48. The molecular formula is C29H29N3O5. The number of aromatic nitrogens is 1. The Morgan fingerprint density at radius 3 is 2.30 bits per heavy atom. The maximum Gasteiger partial charge on any atom is 0.294 e. The highest BCUT2D eigenvalue weighted by molar-refractivity contribution is 6.21. The van der Waals surface area contributed by atoms with Crippen LogP contribution < -0.4 is 10.2 Å². The molecule has 8 heteroatoms. The van der Waals surface area contributed by atoms with Crippen LogP contribution in [-0.2, 0) is 4.79 Å². The molecule has 1 atom stereocenters. The van der Waals surface area contributed by atoms with Crippen molar-refractivity contribution >= 4 is 23.3 Å². The fraction of sp³-hybridized carbons (Fsp3) is 0.310. The van der Waals surface area contributed by atoms with Crippen LogP contribution in [0.5, 0.6) is 0 Å². The van der Waals surface area contributed by atoms with Crippen molar-refractivity contribution in [3.05, 3.63) is 83.3 Å². The Labute approximate surface area is 215 Å². The van der Waals surface area contributed by atoms with Crippen LogP contribution >= 0.6 is 0 Å². The fourth-order valence-electron chi connectivity index (χ4n) is 5.39. The number of nitrogens with one attached hydrogen (secondary N) is 1. The first-order valence-corrected chi connectivity index (χ1v) is 12.7.